The van der Waals surface area contributed by atoms with Gasteiger partial charge in [0.1, 0.15) is 23.7 Å². The summed E-state index contributed by atoms with van der Waals surface area (Å²) in [6.45, 7) is 1.91. The molecule has 1 unspecified atom stereocenters. The van der Waals surface area contributed by atoms with Gasteiger partial charge in [0, 0.05) is 23.2 Å². The van der Waals surface area contributed by atoms with Crippen LogP contribution in [0.5, 0.6) is 0 Å². The number of nitrogens with two attached hydrogens (primary N) is 1. The molecule has 1 fully saturated rings. The number of β-lactam (4-membered cyclic amide) rings is 1. The maximum absolute atomic E-state index is 13.7. The number of halogens is 1. The number of anilines is 1. The van der Waals surface area contributed by atoms with Gasteiger partial charge in [-0.05, 0) is 23.6 Å². The van der Waals surface area contributed by atoms with Crippen LogP contribution in [0, 0.1) is 0 Å². The lowest BCUT2D eigenvalue weighted by Gasteiger charge is -2.49. The Bertz CT molecular complexity index is 1460. The summed E-state index contributed by atoms with van der Waals surface area (Å²) in [5.74, 6) is -1.47. The summed E-state index contributed by atoms with van der Waals surface area (Å²) < 4.78 is 10.1. The number of rotatable bonds is 10. The topological polar surface area (TPSA) is 149 Å². The van der Waals surface area contributed by atoms with E-state index in [9.17, 15) is 14.4 Å². The van der Waals surface area contributed by atoms with Crippen LogP contribution in [0.2, 0.25) is 0 Å². The van der Waals surface area contributed by atoms with Crippen molar-refractivity contribution in [2.45, 2.75) is 24.4 Å². The number of nitrogens with zero attached hydrogens (tertiary/aromatic N) is 4. The van der Waals surface area contributed by atoms with E-state index in [1.165, 1.54) is 16.7 Å². The van der Waals surface area contributed by atoms with Gasteiger partial charge in [0.05, 0.1) is 0 Å². The van der Waals surface area contributed by atoms with E-state index in [-0.39, 0.29) is 34.9 Å². The lowest BCUT2D eigenvalue weighted by Crippen LogP contribution is -2.71. The second-order valence-corrected chi connectivity index (χ2v) is 11.0. The van der Waals surface area contributed by atoms with Crippen LogP contribution in [0.25, 0.3) is 0 Å². The van der Waals surface area contributed by atoms with Crippen molar-refractivity contribution in [3.8, 4) is 0 Å². The van der Waals surface area contributed by atoms with E-state index in [2.05, 4.69) is 19.8 Å². The molecule has 1 aromatic heterocycles. The summed E-state index contributed by atoms with van der Waals surface area (Å²) >= 11 is 8.50. The van der Waals surface area contributed by atoms with Crippen molar-refractivity contribution in [3.63, 3.8) is 0 Å². The number of aromatic nitrogens is 2. The fourth-order valence-corrected chi connectivity index (χ4v) is 6.49. The Labute approximate surface area is 248 Å². The van der Waals surface area contributed by atoms with E-state index in [0.717, 1.165) is 22.7 Å². The van der Waals surface area contributed by atoms with Gasteiger partial charge in [-0.1, -0.05) is 65.8 Å². The average molecular weight is 613 g/mol. The molecular formula is C27H25ClN6O5S2. The molecular weight excluding hydrogens is 588 g/mol. The normalized spacial score (nSPS) is 18.6. The van der Waals surface area contributed by atoms with Gasteiger partial charge in [0.15, 0.2) is 11.2 Å². The first-order valence-corrected chi connectivity index (χ1v) is 14.9. The highest BCUT2D eigenvalue weighted by atomic mass is 35.5. The minimum Gasteiger partial charge on any atom is -0.448 e. The van der Waals surface area contributed by atoms with Gasteiger partial charge < -0.3 is 20.6 Å². The summed E-state index contributed by atoms with van der Waals surface area (Å²) in [5, 5.41) is 6.09. The van der Waals surface area contributed by atoms with Crippen LogP contribution in [-0.2, 0) is 24.0 Å². The predicted octanol–water partition coefficient (Wildman–Crippen LogP) is 3.09. The maximum atomic E-state index is 13.7. The number of nitrogen functional groups attached to an aromatic ring is 1. The van der Waals surface area contributed by atoms with Crippen LogP contribution in [0.4, 0.5) is 5.13 Å². The lowest BCUT2D eigenvalue weighted by molar-refractivity contribution is -0.154. The molecule has 41 heavy (non-hydrogen) atoms. The number of ether oxygens (including phenoxy) is 1. The molecule has 212 valence electrons. The number of hydrogen-bond donors (Lipinski definition) is 2. The molecule has 3 heterocycles. The number of esters is 1. The highest BCUT2D eigenvalue weighted by Crippen LogP contribution is 2.42. The Hall–Kier alpha value is -3.94. The Balaban J connectivity index is 1.37. The van der Waals surface area contributed by atoms with Crippen molar-refractivity contribution < 1.29 is 24.0 Å². The minimum absolute atomic E-state index is 0.0140. The van der Waals surface area contributed by atoms with Gasteiger partial charge in [0.2, 0.25) is 11.5 Å². The molecule has 2 aliphatic rings. The molecule has 2 amide bonds. The average Bonchev–Trinajstić information content (AvgIpc) is 3.44. The number of thioether (sulfide) groups is 1. The van der Waals surface area contributed by atoms with Gasteiger partial charge in [-0.15, -0.1) is 23.4 Å². The largest absolute Gasteiger partial charge is 0.448 e. The molecule has 2 aliphatic heterocycles. The zero-order valence-corrected chi connectivity index (χ0v) is 24.1. The summed E-state index contributed by atoms with van der Waals surface area (Å²) in [4.78, 5) is 50.6. The van der Waals surface area contributed by atoms with Gasteiger partial charge in [-0.25, -0.2) is 4.79 Å². The van der Waals surface area contributed by atoms with Crippen molar-refractivity contribution in [1.29, 1.82) is 0 Å². The van der Waals surface area contributed by atoms with Crippen LogP contribution in [-0.4, -0.2) is 67.4 Å². The van der Waals surface area contributed by atoms with Crippen molar-refractivity contribution >= 4 is 63.5 Å². The van der Waals surface area contributed by atoms with Crippen molar-refractivity contribution in [2.75, 3.05) is 24.0 Å². The van der Waals surface area contributed by atoms with E-state index < -0.39 is 35.3 Å². The number of amides is 2. The monoisotopic (exact) mass is 612 g/mol. The van der Waals surface area contributed by atoms with Crippen molar-refractivity contribution in [3.05, 3.63) is 88.9 Å². The summed E-state index contributed by atoms with van der Waals surface area (Å²) in [6, 6.07) is 17.7. The van der Waals surface area contributed by atoms with Crippen molar-refractivity contribution in [1.82, 2.24) is 19.6 Å². The number of nitrogens with one attached hydrogen (secondary N) is 1. The summed E-state index contributed by atoms with van der Waals surface area (Å²) in [6.07, 6.45) is -0.704. The second-order valence-electron chi connectivity index (χ2n) is 8.87. The third-order valence-electron chi connectivity index (χ3n) is 6.27. The number of oxime groups is 1. The smallest absolute Gasteiger partial charge is 0.356 e. The maximum Gasteiger partial charge on any atom is 0.356 e. The van der Waals surface area contributed by atoms with E-state index in [1.807, 2.05) is 60.7 Å². The van der Waals surface area contributed by atoms with Crippen molar-refractivity contribution in [2.24, 2.45) is 5.16 Å². The van der Waals surface area contributed by atoms with Crippen LogP contribution >= 0.6 is 34.9 Å². The molecule has 2 atom stereocenters. The Morgan fingerprint density at radius 1 is 1.17 bits per heavy atom. The zero-order chi connectivity index (χ0) is 28.9. The Morgan fingerprint density at radius 3 is 2.39 bits per heavy atom. The molecule has 0 aliphatic carbocycles. The highest BCUT2D eigenvalue weighted by molar-refractivity contribution is 8.00. The van der Waals surface area contributed by atoms with Gasteiger partial charge in [-0.3, -0.25) is 14.5 Å². The molecule has 0 spiro atoms. The fourth-order valence-electron chi connectivity index (χ4n) is 4.38. The van der Waals surface area contributed by atoms with Crippen LogP contribution < -0.4 is 11.1 Å². The van der Waals surface area contributed by atoms with Gasteiger partial charge in [-0.2, -0.15) is 9.36 Å². The number of benzene rings is 2. The second kappa shape index (κ2) is 12.7. The SMILES string of the molecule is CCON=C(C(=O)NC1C(=O)N2C(C(=O)OC(c3ccccc3)c3ccccc3)=C(CCl)CS[C@H]12)c1nsc(N)n1. The zero-order valence-electron chi connectivity index (χ0n) is 21.7. The van der Waals surface area contributed by atoms with Crippen LogP contribution in [0.3, 0.4) is 0 Å². The molecule has 0 radical (unpaired) electrons. The molecule has 11 nitrogen and oxygen atoms in total. The first-order chi connectivity index (χ1) is 19.9. The molecule has 0 bridgehead atoms. The Morgan fingerprint density at radius 2 is 1.83 bits per heavy atom. The van der Waals surface area contributed by atoms with Gasteiger partial charge in [0.25, 0.3) is 11.8 Å². The number of carbonyl (C=O) groups is 3. The standard InChI is InChI=1S/C27H25ClN6O5S2/c1-2-38-32-18(22-31-27(29)41-33-22)23(35)30-19-24(36)34-20(17(13-28)14-40-25(19)34)26(37)39-21(15-9-5-3-6-10-15)16-11-7-4-8-12-16/h3-12,19,21,25H,2,13-14H2,1H3,(H,30,35)(H2,29,31,33)/t19?,25-/m1/s1. The summed E-state index contributed by atoms with van der Waals surface area (Å²) in [7, 11) is 0. The predicted molar refractivity (Wildman–Crippen MR) is 156 cm³/mol. The summed E-state index contributed by atoms with van der Waals surface area (Å²) in [5.41, 5.74) is 7.67. The molecule has 2 aromatic carbocycles. The molecule has 0 saturated carbocycles. The van der Waals surface area contributed by atoms with E-state index in [0.29, 0.717) is 11.3 Å². The molecule has 3 N–H and O–H groups in total. The third kappa shape index (κ3) is 5.92. The molecule has 1 saturated heterocycles. The quantitative estimate of drug-likeness (QED) is 0.116. The molecule has 3 aromatic rings. The lowest BCUT2D eigenvalue weighted by atomic mass is 10.0. The fraction of sp³-hybridized carbons (Fsp3) is 0.259. The number of hydrogen-bond acceptors (Lipinski definition) is 11. The molecule has 5 rings (SSSR count). The number of carbonyl (C=O) groups excluding carboxylic acids is 3. The van der Waals surface area contributed by atoms with E-state index in [1.54, 1.807) is 6.92 Å². The first-order valence-electron chi connectivity index (χ1n) is 12.6. The van der Waals surface area contributed by atoms with Crippen LogP contribution in [0.15, 0.2) is 77.1 Å². The van der Waals surface area contributed by atoms with E-state index in [4.69, 9.17) is 26.9 Å². The number of fused-ring (bicyclic) bond motifs is 1. The third-order valence-corrected chi connectivity index (χ3v) is 8.48. The minimum atomic E-state index is -0.936. The van der Waals surface area contributed by atoms with Gasteiger partial charge >= 0.3 is 5.97 Å². The molecule has 14 heteroatoms. The highest BCUT2D eigenvalue weighted by Gasteiger charge is 2.55. The van der Waals surface area contributed by atoms with Crippen LogP contribution in [0.1, 0.15) is 30.0 Å². The number of alkyl halides is 1. The van der Waals surface area contributed by atoms with E-state index >= 15 is 0 Å². The first kappa shape index (κ1) is 28.6. The Kier molecular flexibility index (Phi) is 8.86.